The average Bonchev–Trinajstić information content (AvgIpc) is 2.80. The lowest BCUT2D eigenvalue weighted by Crippen LogP contribution is -2.39. The van der Waals surface area contributed by atoms with Gasteiger partial charge in [0.2, 0.25) is 5.91 Å². The van der Waals surface area contributed by atoms with Crippen molar-refractivity contribution in [3.8, 4) is 5.75 Å². The monoisotopic (exact) mass is 488 g/mol. The van der Waals surface area contributed by atoms with E-state index in [-0.39, 0.29) is 11.3 Å². The van der Waals surface area contributed by atoms with Gasteiger partial charge >= 0.3 is 5.97 Å². The maximum Gasteiger partial charge on any atom is 0.305 e. The molecule has 1 atom stereocenters. The molecule has 2 amide bonds. The maximum absolute atomic E-state index is 12.5. The van der Waals surface area contributed by atoms with Gasteiger partial charge in [-0.2, -0.15) is 0 Å². The number of carboxylic acid groups (broad SMARTS) is 1. The number of aromatic hydroxyl groups is 1. The van der Waals surface area contributed by atoms with Gasteiger partial charge in [0.05, 0.1) is 25.6 Å². The van der Waals surface area contributed by atoms with Gasteiger partial charge in [-0.3, -0.25) is 14.4 Å². The molecule has 0 bridgehead atoms. The van der Waals surface area contributed by atoms with Crippen molar-refractivity contribution in [3.63, 3.8) is 0 Å². The van der Waals surface area contributed by atoms with Gasteiger partial charge in [0.1, 0.15) is 5.75 Å². The van der Waals surface area contributed by atoms with Crippen molar-refractivity contribution in [2.75, 3.05) is 25.0 Å². The van der Waals surface area contributed by atoms with Crippen LogP contribution in [0, 0.1) is 6.92 Å². The highest BCUT2D eigenvalue weighted by atomic mass is 35.5. The standard InChI is InChI=1S/C23H25ClN4O6/c1-13-8-15(24)10-17(21(13)32)18(11-20(30)31)28-19(29)12-26-22(33)14-4-2-5-16(9-14)27-23-25-6-3-7-34-23/h2,4-5,8-10,18,32H,3,6-7,11-12H2,1H3,(H,25,27)(H,26,33)(H,28,29)(H,30,31)/t18-/m1/s1. The number of ether oxygens (including phenoxy) is 1. The number of carbonyl (C=O) groups is 3. The molecule has 5 N–H and O–H groups in total. The summed E-state index contributed by atoms with van der Waals surface area (Å²) in [6.45, 7) is 2.44. The first-order valence-electron chi connectivity index (χ1n) is 10.6. The lowest BCUT2D eigenvalue weighted by Gasteiger charge is -2.20. The fourth-order valence-electron chi connectivity index (χ4n) is 3.35. The predicted octanol–water partition coefficient (Wildman–Crippen LogP) is 2.60. The number of carboxylic acids is 1. The molecule has 0 radical (unpaired) electrons. The van der Waals surface area contributed by atoms with Crippen molar-refractivity contribution in [2.45, 2.75) is 25.8 Å². The third-order valence-corrected chi connectivity index (χ3v) is 5.18. The smallest absolute Gasteiger partial charge is 0.305 e. The van der Waals surface area contributed by atoms with E-state index in [1.807, 2.05) is 0 Å². The average molecular weight is 489 g/mol. The molecular weight excluding hydrogens is 464 g/mol. The second-order valence-corrected chi connectivity index (χ2v) is 8.09. The number of aryl methyl sites for hydroxylation is 1. The van der Waals surface area contributed by atoms with Crippen LogP contribution >= 0.6 is 11.6 Å². The van der Waals surface area contributed by atoms with Crippen molar-refractivity contribution in [1.82, 2.24) is 10.6 Å². The number of carbonyl (C=O) groups excluding carboxylic acids is 2. The van der Waals surface area contributed by atoms with E-state index >= 15 is 0 Å². The molecule has 0 saturated carbocycles. The molecule has 0 aliphatic carbocycles. The molecule has 0 aromatic heterocycles. The second-order valence-electron chi connectivity index (χ2n) is 7.66. The Morgan fingerprint density at radius 3 is 2.74 bits per heavy atom. The van der Waals surface area contributed by atoms with E-state index in [0.717, 1.165) is 6.42 Å². The van der Waals surface area contributed by atoms with Crippen LogP contribution in [0.15, 0.2) is 41.4 Å². The van der Waals surface area contributed by atoms with Crippen LogP contribution in [0.4, 0.5) is 5.69 Å². The van der Waals surface area contributed by atoms with Crippen LogP contribution in [0.5, 0.6) is 5.75 Å². The zero-order valence-corrected chi connectivity index (χ0v) is 19.2. The van der Waals surface area contributed by atoms with Crippen LogP contribution in [0.2, 0.25) is 5.02 Å². The molecule has 11 heteroatoms. The number of nitrogens with zero attached hydrogens (tertiary/aromatic N) is 1. The largest absolute Gasteiger partial charge is 0.507 e. The number of aliphatic carboxylic acids is 1. The Labute approximate surface area is 201 Å². The first kappa shape index (κ1) is 24.8. The first-order chi connectivity index (χ1) is 16.2. The summed E-state index contributed by atoms with van der Waals surface area (Å²) in [5.41, 5.74) is 1.53. The first-order valence-corrected chi connectivity index (χ1v) is 10.9. The van der Waals surface area contributed by atoms with Crippen molar-refractivity contribution < 1.29 is 29.3 Å². The second kappa shape index (κ2) is 11.4. The number of hydrogen-bond acceptors (Lipinski definition) is 7. The van der Waals surface area contributed by atoms with Gasteiger partial charge in [-0.25, -0.2) is 4.99 Å². The van der Waals surface area contributed by atoms with Crippen LogP contribution < -0.4 is 16.0 Å². The summed E-state index contributed by atoms with van der Waals surface area (Å²) < 4.78 is 5.40. The predicted molar refractivity (Wildman–Crippen MR) is 126 cm³/mol. The molecule has 3 rings (SSSR count). The minimum absolute atomic E-state index is 0.157. The number of benzene rings is 2. The number of hydrogen-bond donors (Lipinski definition) is 5. The normalized spacial score (nSPS) is 13.8. The zero-order valence-electron chi connectivity index (χ0n) is 18.4. The number of aliphatic imine (C=N–C) groups is 1. The summed E-state index contributed by atoms with van der Waals surface area (Å²) in [5, 5.41) is 27.9. The van der Waals surface area contributed by atoms with Crippen molar-refractivity contribution in [3.05, 3.63) is 58.1 Å². The van der Waals surface area contributed by atoms with E-state index in [2.05, 4.69) is 20.9 Å². The number of phenols is 1. The zero-order chi connectivity index (χ0) is 24.7. The summed E-state index contributed by atoms with van der Waals surface area (Å²) in [6, 6.07) is 8.87. The van der Waals surface area contributed by atoms with E-state index in [9.17, 15) is 24.6 Å². The molecule has 1 heterocycles. The maximum atomic E-state index is 12.5. The molecule has 34 heavy (non-hydrogen) atoms. The van der Waals surface area contributed by atoms with Gasteiger partial charge in [0.15, 0.2) is 0 Å². The Hall–Kier alpha value is -3.79. The molecule has 10 nitrogen and oxygen atoms in total. The van der Waals surface area contributed by atoms with E-state index in [0.29, 0.717) is 41.0 Å². The number of nitrogens with one attached hydrogen (secondary N) is 3. The molecule has 0 unspecified atom stereocenters. The van der Waals surface area contributed by atoms with Gasteiger partial charge in [-0.15, -0.1) is 0 Å². The highest BCUT2D eigenvalue weighted by Gasteiger charge is 2.23. The topological polar surface area (TPSA) is 149 Å². The minimum atomic E-state index is -1.18. The Bertz CT molecular complexity index is 1120. The van der Waals surface area contributed by atoms with Gasteiger partial charge in [0, 0.05) is 34.8 Å². The van der Waals surface area contributed by atoms with E-state index in [1.54, 1.807) is 31.2 Å². The molecule has 1 aliphatic heterocycles. The molecule has 0 spiro atoms. The van der Waals surface area contributed by atoms with Gasteiger partial charge < -0.3 is 30.9 Å². The molecule has 1 aliphatic rings. The van der Waals surface area contributed by atoms with E-state index in [4.69, 9.17) is 16.3 Å². The van der Waals surface area contributed by atoms with Gasteiger partial charge in [-0.05, 0) is 42.8 Å². The Balaban J connectivity index is 1.62. The lowest BCUT2D eigenvalue weighted by molar-refractivity contribution is -0.137. The van der Waals surface area contributed by atoms with Crippen LogP contribution in [0.1, 0.15) is 40.4 Å². The summed E-state index contributed by atoms with van der Waals surface area (Å²) in [4.78, 5) is 40.5. The molecule has 0 fully saturated rings. The van der Waals surface area contributed by atoms with E-state index in [1.165, 1.54) is 12.1 Å². The number of anilines is 1. The quantitative estimate of drug-likeness (QED) is 0.383. The number of amides is 2. The molecule has 2 aromatic rings. The minimum Gasteiger partial charge on any atom is -0.507 e. The molecule has 0 saturated heterocycles. The van der Waals surface area contributed by atoms with Gasteiger partial charge in [-0.1, -0.05) is 17.7 Å². The fraction of sp³-hybridized carbons (Fsp3) is 0.304. The number of phenolic OH excluding ortho intramolecular Hbond substituents is 1. The summed E-state index contributed by atoms with van der Waals surface area (Å²) in [5.74, 6) is -2.46. The Morgan fingerprint density at radius 2 is 2.03 bits per heavy atom. The van der Waals surface area contributed by atoms with Gasteiger partial charge in [0.25, 0.3) is 11.9 Å². The highest BCUT2D eigenvalue weighted by Crippen LogP contribution is 2.32. The number of rotatable bonds is 8. The van der Waals surface area contributed by atoms with Crippen LogP contribution in [0.3, 0.4) is 0 Å². The molecule has 2 aromatic carbocycles. The summed E-state index contributed by atoms with van der Waals surface area (Å²) in [7, 11) is 0. The van der Waals surface area contributed by atoms with E-state index < -0.39 is 36.8 Å². The summed E-state index contributed by atoms with van der Waals surface area (Å²) >= 11 is 6.04. The molecular formula is C23H25ClN4O6. The third-order valence-electron chi connectivity index (χ3n) is 4.97. The van der Waals surface area contributed by atoms with Crippen molar-refractivity contribution in [2.24, 2.45) is 4.99 Å². The van der Waals surface area contributed by atoms with Crippen molar-refractivity contribution in [1.29, 1.82) is 0 Å². The lowest BCUT2D eigenvalue weighted by atomic mass is 10.00. The van der Waals surface area contributed by atoms with Crippen LogP contribution in [-0.4, -0.2) is 53.7 Å². The summed E-state index contributed by atoms with van der Waals surface area (Å²) in [6.07, 6.45) is 0.367. The number of halogens is 1. The SMILES string of the molecule is Cc1cc(Cl)cc([C@@H](CC(=O)O)NC(=O)CNC(=O)c2cccc(NC3=NCCCO3)c2)c1O. The Kier molecular flexibility index (Phi) is 8.31. The highest BCUT2D eigenvalue weighted by molar-refractivity contribution is 6.30. The Morgan fingerprint density at radius 1 is 1.24 bits per heavy atom. The molecule has 180 valence electrons. The van der Waals surface area contributed by atoms with Crippen molar-refractivity contribution >= 4 is 41.1 Å². The third kappa shape index (κ3) is 6.85. The fourth-order valence-corrected chi connectivity index (χ4v) is 3.63. The van der Waals surface area contributed by atoms with Crippen LogP contribution in [0.25, 0.3) is 0 Å². The number of amidine groups is 1. The van der Waals surface area contributed by atoms with Crippen LogP contribution in [-0.2, 0) is 14.3 Å².